The predicted molar refractivity (Wildman–Crippen MR) is 40.9 cm³/mol. The van der Waals surface area contributed by atoms with Crippen molar-refractivity contribution in [2.24, 2.45) is 0 Å². The number of carboxylic acids is 1. The summed E-state index contributed by atoms with van der Waals surface area (Å²) in [5.41, 5.74) is 0.766. The van der Waals surface area contributed by atoms with Crippen molar-refractivity contribution in [3.8, 4) is 0 Å². The Morgan fingerprint density at radius 3 is 2.67 bits per heavy atom. The van der Waals surface area contributed by atoms with E-state index in [-0.39, 0.29) is 5.56 Å². The summed E-state index contributed by atoms with van der Waals surface area (Å²) in [7, 11) is 0. The highest BCUT2D eigenvalue weighted by atomic mass is 16.4. The first kappa shape index (κ1) is 8.39. The van der Waals surface area contributed by atoms with E-state index in [0.29, 0.717) is 5.56 Å². The highest BCUT2D eigenvalue weighted by Crippen LogP contribution is 2.05. The predicted octanol–water partition coefficient (Wildman–Crippen LogP) is 0.657. The van der Waals surface area contributed by atoms with E-state index >= 15 is 0 Å². The number of carbonyl (C=O) groups is 2. The molecule has 62 valence electrons. The van der Waals surface area contributed by atoms with Crippen molar-refractivity contribution >= 4 is 11.8 Å². The molecule has 1 aromatic heterocycles. The number of aryl methyl sites for hydroxylation is 1. The SMILES string of the molecule is Cc1ccncc1C(=O)C(=O)O. The molecule has 0 bridgehead atoms. The number of carboxylic acid groups (broad SMARTS) is 1. The van der Waals surface area contributed by atoms with Crippen LogP contribution in [0.1, 0.15) is 15.9 Å². The minimum atomic E-state index is -1.45. The number of carbonyl (C=O) groups excluding carboxylic acids is 1. The van der Waals surface area contributed by atoms with Gasteiger partial charge >= 0.3 is 5.97 Å². The summed E-state index contributed by atoms with van der Waals surface area (Å²) < 4.78 is 0. The molecule has 0 spiro atoms. The molecule has 1 aromatic rings. The van der Waals surface area contributed by atoms with Gasteiger partial charge in [0.05, 0.1) is 5.56 Å². The standard InChI is InChI=1S/C8H7NO3/c1-5-2-3-9-4-6(5)7(10)8(11)12/h2-4H,1H3,(H,11,12). The maximum Gasteiger partial charge on any atom is 0.377 e. The number of aliphatic carboxylic acids is 1. The molecule has 0 atom stereocenters. The number of pyridine rings is 1. The zero-order valence-corrected chi connectivity index (χ0v) is 6.44. The number of hydrogen-bond acceptors (Lipinski definition) is 3. The molecule has 0 saturated heterocycles. The van der Waals surface area contributed by atoms with Crippen LogP contribution in [0.5, 0.6) is 0 Å². The van der Waals surface area contributed by atoms with E-state index in [2.05, 4.69) is 4.98 Å². The third-order valence-corrected chi connectivity index (χ3v) is 1.48. The molecular formula is C8H7NO3. The van der Waals surface area contributed by atoms with Gasteiger partial charge in [0.25, 0.3) is 5.78 Å². The van der Waals surface area contributed by atoms with Crippen molar-refractivity contribution in [1.82, 2.24) is 4.98 Å². The Morgan fingerprint density at radius 1 is 1.50 bits per heavy atom. The maximum absolute atomic E-state index is 10.9. The van der Waals surface area contributed by atoms with Crippen molar-refractivity contribution in [2.75, 3.05) is 0 Å². The Bertz CT molecular complexity index is 333. The Morgan fingerprint density at radius 2 is 2.17 bits per heavy atom. The Hall–Kier alpha value is -1.71. The molecule has 0 fully saturated rings. The average Bonchev–Trinajstić information content (AvgIpc) is 2.04. The molecule has 4 heteroatoms. The fraction of sp³-hybridized carbons (Fsp3) is 0.125. The van der Waals surface area contributed by atoms with Crippen molar-refractivity contribution in [1.29, 1.82) is 0 Å². The van der Waals surface area contributed by atoms with Crippen molar-refractivity contribution in [3.05, 3.63) is 29.6 Å². The average molecular weight is 165 g/mol. The lowest BCUT2D eigenvalue weighted by molar-refractivity contribution is -0.131. The summed E-state index contributed by atoms with van der Waals surface area (Å²) >= 11 is 0. The van der Waals surface area contributed by atoms with Crippen LogP contribution < -0.4 is 0 Å². The van der Waals surface area contributed by atoms with Crippen LogP contribution in [0.25, 0.3) is 0 Å². The van der Waals surface area contributed by atoms with Gasteiger partial charge in [0, 0.05) is 12.4 Å². The van der Waals surface area contributed by atoms with Crippen LogP contribution in [-0.2, 0) is 4.79 Å². The molecule has 0 radical (unpaired) electrons. The number of hydrogen-bond donors (Lipinski definition) is 1. The molecule has 0 unspecified atom stereocenters. The molecule has 0 aromatic carbocycles. The second-order valence-electron chi connectivity index (χ2n) is 2.32. The second kappa shape index (κ2) is 3.13. The van der Waals surface area contributed by atoms with Gasteiger partial charge in [-0.25, -0.2) is 4.79 Å². The summed E-state index contributed by atoms with van der Waals surface area (Å²) in [6, 6.07) is 1.59. The van der Waals surface area contributed by atoms with E-state index in [1.54, 1.807) is 13.0 Å². The van der Waals surface area contributed by atoms with E-state index < -0.39 is 11.8 Å². The first-order valence-corrected chi connectivity index (χ1v) is 3.31. The fourth-order valence-corrected chi connectivity index (χ4v) is 0.817. The molecule has 4 nitrogen and oxygen atoms in total. The number of Topliss-reactive ketones (excluding diaryl/α,β-unsaturated/α-hetero) is 1. The van der Waals surface area contributed by atoms with Crippen LogP contribution in [0.4, 0.5) is 0 Å². The largest absolute Gasteiger partial charge is 0.475 e. The van der Waals surface area contributed by atoms with Gasteiger partial charge in [0.2, 0.25) is 0 Å². The number of rotatable bonds is 2. The number of ketones is 1. The van der Waals surface area contributed by atoms with Crippen LogP contribution in [-0.4, -0.2) is 21.8 Å². The van der Waals surface area contributed by atoms with E-state index in [1.807, 2.05) is 0 Å². The highest BCUT2D eigenvalue weighted by Gasteiger charge is 2.16. The number of aromatic nitrogens is 1. The smallest absolute Gasteiger partial charge is 0.377 e. The van der Waals surface area contributed by atoms with Gasteiger partial charge in [-0.15, -0.1) is 0 Å². The molecule has 0 aliphatic rings. The van der Waals surface area contributed by atoms with Crippen molar-refractivity contribution in [2.45, 2.75) is 6.92 Å². The van der Waals surface area contributed by atoms with Crippen LogP contribution in [0.3, 0.4) is 0 Å². The van der Waals surface area contributed by atoms with Crippen LogP contribution in [0.15, 0.2) is 18.5 Å². The third-order valence-electron chi connectivity index (χ3n) is 1.48. The molecule has 1 N–H and O–H groups in total. The minimum absolute atomic E-state index is 0.144. The lowest BCUT2D eigenvalue weighted by Gasteiger charge is -1.98. The zero-order chi connectivity index (χ0) is 9.14. The Labute approximate surface area is 68.9 Å². The van der Waals surface area contributed by atoms with Crippen molar-refractivity contribution in [3.63, 3.8) is 0 Å². The fourth-order valence-electron chi connectivity index (χ4n) is 0.817. The third kappa shape index (κ3) is 1.47. The van der Waals surface area contributed by atoms with Gasteiger partial charge in [-0.1, -0.05) is 0 Å². The maximum atomic E-state index is 10.9. The normalized spacial score (nSPS) is 9.42. The summed E-state index contributed by atoms with van der Waals surface area (Å²) in [5, 5.41) is 8.38. The lowest BCUT2D eigenvalue weighted by atomic mass is 10.1. The van der Waals surface area contributed by atoms with E-state index in [0.717, 1.165) is 0 Å². The molecular weight excluding hydrogens is 158 g/mol. The van der Waals surface area contributed by atoms with Crippen LogP contribution in [0, 0.1) is 6.92 Å². The first-order valence-electron chi connectivity index (χ1n) is 3.31. The topological polar surface area (TPSA) is 67.3 Å². The van der Waals surface area contributed by atoms with E-state index in [1.165, 1.54) is 12.4 Å². The summed E-state index contributed by atoms with van der Waals surface area (Å²) in [6.07, 6.45) is 2.76. The van der Waals surface area contributed by atoms with Gasteiger partial charge in [-0.3, -0.25) is 9.78 Å². The quantitative estimate of drug-likeness (QED) is 0.516. The van der Waals surface area contributed by atoms with Gasteiger partial charge in [0.1, 0.15) is 0 Å². The molecule has 0 aliphatic carbocycles. The zero-order valence-electron chi connectivity index (χ0n) is 6.44. The van der Waals surface area contributed by atoms with Gasteiger partial charge in [-0.2, -0.15) is 0 Å². The summed E-state index contributed by atoms with van der Waals surface area (Å²) in [5.74, 6) is -2.37. The van der Waals surface area contributed by atoms with Gasteiger partial charge in [0.15, 0.2) is 0 Å². The molecule has 0 aliphatic heterocycles. The van der Waals surface area contributed by atoms with Gasteiger partial charge in [-0.05, 0) is 18.6 Å². The molecule has 1 heterocycles. The highest BCUT2D eigenvalue weighted by molar-refractivity contribution is 6.40. The molecule has 12 heavy (non-hydrogen) atoms. The number of nitrogens with zero attached hydrogens (tertiary/aromatic N) is 1. The van der Waals surface area contributed by atoms with Crippen LogP contribution >= 0.6 is 0 Å². The molecule has 0 saturated carbocycles. The minimum Gasteiger partial charge on any atom is -0.475 e. The van der Waals surface area contributed by atoms with E-state index in [4.69, 9.17) is 5.11 Å². The first-order chi connectivity index (χ1) is 5.63. The lowest BCUT2D eigenvalue weighted by Crippen LogP contribution is -2.14. The van der Waals surface area contributed by atoms with Crippen LogP contribution in [0.2, 0.25) is 0 Å². The van der Waals surface area contributed by atoms with Crippen molar-refractivity contribution < 1.29 is 14.7 Å². The summed E-state index contributed by atoms with van der Waals surface area (Å²) in [6.45, 7) is 1.66. The second-order valence-corrected chi connectivity index (χ2v) is 2.32. The Kier molecular flexibility index (Phi) is 2.19. The monoisotopic (exact) mass is 165 g/mol. The molecule has 0 amide bonds. The molecule has 1 rings (SSSR count). The van der Waals surface area contributed by atoms with E-state index in [9.17, 15) is 9.59 Å². The summed E-state index contributed by atoms with van der Waals surface area (Å²) in [4.78, 5) is 24.9. The van der Waals surface area contributed by atoms with Gasteiger partial charge < -0.3 is 5.11 Å². The Balaban J connectivity index is 3.11.